The normalized spacial score (nSPS) is 23.7. The highest BCUT2D eigenvalue weighted by atomic mass is 16.2. The lowest BCUT2D eigenvalue weighted by Gasteiger charge is -2.14. The summed E-state index contributed by atoms with van der Waals surface area (Å²) in [5.41, 5.74) is 1.73. The van der Waals surface area contributed by atoms with E-state index >= 15 is 0 Å². The van der Waals surface area contributed by atoms with Crippen molar-refractivity contribution in [2.75, 3.05) is 18.1 Å². The van der Waals surface area contributed by atoms with E-state index in [1.165, 1.54) is 0 Å². The van der Waals surface area contributed by atoms with Gasteiger partial charge in [0.2, 0.25) is 0 Å². The standard InChI is InChI=1S/C11H11N3O/c15-11-10-8(6-12-11)7-14(13-10)9-4-2-1-3-5-9/h1-5,8H,6-7H2,(H,12,15). The van der Waals surface area contributed by atoms with E-state index in [2.05, 4.69) is 10.4 Å². The lowest BCUT2D eigenvalue weighted by Crippen LogP contribution is -2.22. The third-order valence-electron chi connectivity index (χ3n) is 2.80. The molecule has 2 aliphatic rings. The van der Waals surface area contributed by atoms with Crippen LogP contribution < -0.4 is 10.3 Å². The Morgan fingerprint density at radius 2 is 2.13 bits per heavy atom. The quantitative estimate of drug-likeness (QED) is 0.723. The molecule has 1 saturated heterocycles. The van der Waals surface area contributed by atoms with Gasteiger partial charge in [-0.15, -0.1) is 0 Å². The minimum atomic E-state index is -0.0153. The van der Waals surface area contributed by atoms with Gasteiger partial charge < -0.3 is 5.32 Å². The minimum Gasteiger partial charge on any atom is -0.350 e. The second kappa shape index (κ2) is 3.08. The number of nitrogens with one attached hydrogen (secondary N) is 1. The number of amides is 1. The Labute approximate surface area is 87.6 Å². The molecule has 0 aromatic heterocycles. The van der Waals surface area contributed by atoms with Crippen LogP contribution in [0.2, 0.25) is 0 Å². The number of carbonyl (C=O) groups excluding carboxylic acids is 1. The van der Waals surface area contributed by atoms with Crippen molar-refractivity contribution in [1.29, 1.82) is 0 Å². The topological polar surface area (TPSA) is 44.7 Å². The van der Waals surface area contributed by atoms with Crippen LogP contribution in [-0.2, 0) is 4.79 Å². The molecule has 76 valence electrons. The molecule has 2 aliphatic heterocycles. The van der Waals surface area contributed by atoms with Crippen molar-refractivity contribution in [1.82, 2.24) is 5.32 Å². The molecule has 0 saturated carbocycles. The zero-order valence-corrected chi connectivity index (χ0v) is 8.18. The van der Waals surface area contributed by atoms with E-state index < -0.39 is 0 Å². The first-order chi connectivity index (χ1) is 7.34. The summed E-state index contributed by atoms with van der Waals surface area (Å²) in [5, 5.41) is 9.04. The molecule has 0 spiro atoms. The molecule has 1 aromatic rings. The first-order valence-electron chi connectivity index (χ1n) is 5.04. The highest BCUT2D eigenvalue weighted by Crippen LogP contribution is 2.23. The van der Waals surface area contributed by atoms with Gasteiger partial charge in [0.15, 0.2) is 0 Å². The van der Waals surface area contributed by atoms with Gasteiger partial charge in [0.1, 0.15) is 5.71 Å². The molecule has 0 bridgehead atoms. The first kappa shape index (κ1) is 8.47. The number of benzene rings is 1. The molecule has 4 heteroatoms. The number of hydrazone groups is 1. The van der Waals surface area contributed by atoms with Crippen LogP contribution in [0.4, 0.5) is 5.69 Å². The van der Waals surface area contributed by atoms with E-state index in [0.717, 1.165) is 18.8 Å². The van der Waals surface area contributed by atoms with Gasteiger partial charge in [0.25, 0.3) is 5.91 Å². The van der Waals surface area contributed by atoms with Crippen molar-refractivity contribution < 1.29 is 4.79 Å². The van der Waals surface area contributed by atoms with E-state index in [9.17, 15) is 4.79 Å². The maximum absolute atomic E-state index is 11.4. The largest absolute Gasteiger partial charge is 0.350 e. The van der Waals surface area contributed by atoms with Crippen molar-refractivity contribution in [3.05, 3.63) is 30.3 Å². The summed E-state index contributed by atoms with van der Waals surface area (Å²) >= 11 is 0. The number of anilines is 1. The summed E-state index contributed by atoms with van der Waals surface area (Å²) in [6.45, 7) is 1.53. The van der Waals surface area contributed by atoms with E-state index in [0.29, 0.717) is 5.71 Å². The average molecular weight is 201 g/mol. The Morgan fingerprint density at radius 3 is 2.87 bits per heavy atom. The number of rotatable bonds is 1. The van der Waals surface area contributed by atoms with Crippen molar-refractivity contribution in [3.63, 3.8) is 0 Å². The van der Waals surface area contributed by atoms with Gasteiger partial charge in [-0.1, -0.05) is 18.2 Å². The fourth-order valence-corrected chi connectivity index (χ4v) is 2.01. The maximum Gasteiger partial charge on any atom is 0.267 e. The molecule has 0 radical (unpaired) electrons. The molecular formula is C11H11N3O. The fraction of sp³-hybridized carbons (Fsp3) is 0.273. The molecular weight excluding hydrogens is 190 g/mol. The van der Waals surface area contributed by atoms with Crippen LogP contribution in [0.25, 0.3) is 0 Å². The molecule has 1 atom stereocenters. The van der Waals surface area contributed by atoms with E-state index in [-0.39, 0.29) is 11.8 Å². The molecule has 1 amide bonds. The van der Waals surface area contributed by atoms with Gasteiger partial charge in [0.05, 0.1) is 12.2 Å². The fourth-order valence-electron chi connectivity index (χ4n) is 2.01. The summed E-state index contributed by atoms with van der Waals surface area (Å²) in [4.78, 5) is 11.4. The number of nitrogens with zero attached hydrogens (tertiary/aromatic N) is 2. The Hall–Kier alpha value is -1.84. The van der Waals surface area contributed by atoms with Crippen LogP contribution in [0, 0.1) is 5.92 Å². The molecule has 1 unspecified atom stereocenters. The Balaban J connectivity index is 1.91. The molecule has 3 rings (SSSR count). The minimum absolute atomic E-state index is 0.0153. The van der Waals surface area contributed by atoms with E-state index in [4.69, 9.17) is 0 Å². The van der Waals surface area contributed by atoms with Crippen LogP contribution in [-0.4, -0.2) is 24.7 Å². The number of fused-ring (bicyclic) bond motifs is 1. The summed E-state index contributed by atoms with van der Waals surface area (Å²) in [7, 11) is 0. The lowest BCUT2D eigenvalue weighted by atomic mass is 10.1. The summed E-state index contributed by atoms with van der Waals surface area (Å²) < 4.78 is 0. The zero-order valence-electron chi connectivity index (χ0n) is 8.18. The lowest BCUT2D eigenvalue weighted by molar-refractivity contribution is -0.113. The van der Waals surface area contributed by atoms with Crippen LogP contribution in [0.3, 0.4) is 0 Å². The number of hydrogen-bond acceptors (Lipinski definition) is 3. The monoisotopic (exact) mass is 201 g/mol. The molecule has 0 aliphatic carbocycles. The summed E-state index contributed by atoms with van der Waals surface area (Å²) in [6, 6.07) is 9.93. The SMILES string of the molecule is O=C1NCC2CN(c3ccccc3)N=C12. The van der Waals surface area contributed by atoms with Crippen LogP contribution >= 0.6 is 0 Å². The van der Waals surface area contributed by atoms with E-state index in [1.807, 2.05) is 35.3 Å². The zero-order chi connectivity index (χ0) is 10.3. The predicted octanol–water partition coefficient (Wildman–Crippen LogP) is 0.609. The van der Waals surface area contributed by atoms with Crippen molar-refractivity contribution in [2.24, 2.45) is 11.0 Å². The molecule has 1 N–H and O–H groups in total. The second-order valence-electron chi connectivity index (χ2n) is 3.81. The molecule has 1 aromatic carbocycles. The van der Waals surface area contributed by atoms with Gasteiger partial charge in [-0.2, -0.15) is 5.10 Å². The number of hydrogen-bond donors (Lipinski definition) is 1. The summed E-state index contributed by atoms with van der Waals surface area (Å²) in [6.07, 6.45) is 0. The van der Waals surface area contributed by atoms with Gasteiger partial charge >= 0.3 is 0 Å². The van der Waals surface area contributed by atoms with Gasteiger partial charge in [-0.3, -0.25) is 9.80 Å². The molecule has 4 nitrogen and oxygen atoms in total. The van der Waals surface area contributed by atoms with Crippen LogP contribution in [0.15, 0.2) is 35.4 Å². The van der Waals surface area contributed by atoms with Gasteiger partial charge in [-0.05, 0) is 12.1 Å². The first-order valence-corrected chi connectivity index (χ1v) is 5.04. The molecule has 2 heterocycles. The number of para-hydroxylation sites is 1. The van der Waals surface area contributed by atoms with Crippen LogP contribution in [0.5, 0.6) is 0 Å². The molecule has 1 fully saturated rings. The summed E-state index contributed by atoms with van der Waals surface area (Å²) in [5.74, 6) is 0.246. The Bertz CT molecular complexity index is 427. The highest BCUT2D eigenvalue weighted by Gasteiger charge is 2.36. The van der Waals surface area contributed by atoms with E-state index in [1.54, 1.807) is 0 Å². The van der Waals surface area contributed by atoms with Crippen LogP contribution in [0.1, 0.15) is 0 Å². The van der Waals surface area contributed by atoms with Gasteiger partial charge in [-0.25, -0.2) is 0 Å². The maximum atomic E-state index is 11.4. The Kier molecular flexibility index (Phi) is 1.74. The smallest absolute Gasteiger partial charge is 0.267 e. The molecule has 15 heavy (non-hydrogen) atoms. The average Bonchev–Trinajstić information content (AvgIpc) is 2.83. The predicted molar refractivity (Wildman–Crippen MR) is 57.7 cm³/mol. The highest BCUT2D eigenvalue weighted by molar-refractivity contribution is 6.42. The van der Waals surface area contributed by atoms with Crippen molar-refractivity contribution in [2.45, 2.75) is 0 Å². The van der Waals surface area contributed by atoms with Gasteiger partial charge in [0, 0.05) is 12.5 Å². The second-order valence-corrected chi connectivity index (χ2v) is 3.81. The van der Waals surface area contributed by atoms with Crippen molar-refractivity contribution in [3.8, 4) is 0 Å². The Morgan fingerprint density at radius 1 is 1.33 bits per heavy atom. The number of carbonyl (C=O) groups is 1. The van der Waals surface area contributed by atoms with Crippen molar-refractivity contribution >= 4 is 17.3 Å². The third-order valence-corrected chi connectivity index (χ3v) is 2.80. The third kappa shape index (κ3) is 1.29.